The maximum absolute atomic E-state index is 5.95. The van der Waals surface area contributed by atoms with Gasteiger partial charge in [0.25, 0.3) is 0 Å². The highest BCUT2D eigenvalue weighted by molar-refractivity contribution is 5.53. The van der Waals surface area contributed by atoms with Gasteiger partial charge in [-0.2, -0.15) is 10.2 Å². The van der Waals surface area contributed by atoms with E-state index in [9.17, 15) is 0 Å². The van der Waals surface area contributed by atoms with E-state index in [0.717, 1.165) is 11.4 Å². The largest absolute Gasteiger partial charge is 0.419 e. The molecule has 0 spiro atoms. The van der Waals surface area contributed by atoms with Gasteiger partial charge in [0.15, 0.2) is 0 Å². The third kappa shape index (κ3) is 1.98. The Labute approximate surface area is 100.0 Å². The smallest absolute Gasteiger partial charge is 0.243 e. The average Bonchev–Trinajstić information content (AvgIpc) is 2.73. The number of nitrogens with zero attached hydrogens (tertiary/aromatic N) is 4. The molecule has 0 radical (unpaired) electrons. The monoisotopic (exact) mass is 235 g/mol. The van der Waals surface area contributed by atoms with Gasteiger partial charge >= 0.3 is 0 Å². The van der Waals surface area contributed by atoms with Crippen LogP contribution in [0.25, 0.3) is 0 Å². The van der Waals surface area contributed by atoms with Crippen molar-refractivity contribution >= 4 is 5.69 Å². The molecule has 6 heteroatoms. The van der Waals surface area contributed by atoms with Crippen LogP contribution in [0.2, 0.25) is 0 Å². The SMILES string of the molecule is CCn1nc(C)c(N)c1Oc1cc(C)nn1C. The molecule has 0 saturated heterocycles. The summed E-state index contributed by atoms with van der Waals surface area (Å²) in [6, 6.07) is 1.86. The predicted molar refractivity (Wildman–Crippen MR) is 65.1 cm³/mol. The molecule has 0 amide bonds. The van der Waals surface area contributed by atoms with Crippen LogP contribution in [-0.4, -0.2) is 19.6 Å². The number of anilines is 1. The van der Waals surface area contributed by atoms with Gasteiger partial charge in [0.1, 0.15) is 5.69 Å². The second-order valence-corrected chi connectivity index (χ2v) is 3.97. The fourth-order valence-electron chi connectivity index (χ4n) is 1.68. The molecule has 0 unspecified atom stereocenters. The van der Waals surface area contributed by atoms with E-state index < -0.39 is 0 Å². The summed E-state index contributed by atoms with van der Waals surface area (Å²) in [4.78, 5) is 0. The standard InChI is InChI=1S/C11H17N5O/c1-5-16-11(10(12)8(3)14-16)17-9-6-7(2)13-15(9)4/h6H,5,12H2,1-4H3. The van der Waals surface area contributed by atoms with Crippen molar-refractivity contribution < 1.29 is 4.74 Å². The molecule has 0 aliphatic carbocycles. The lowest BCUT2D eigenvalue weighted by molar-refractivity contribution is 0.384. The van der Waals surface area contributed by atoms with Crippen LogP contribution in [0.3, 0.4) is 0 Å². The van der Waals surface area contributed by atoms with E-state index in [4.69, 9.17) is 10.5 Å². The molecule has 0 fully saturated rings. The van der Waals surface area contributed by atoms with Crippen LogP contribution in [0.1, 0.15) is 18.3 Å². The molecule has 2 aromatic heterocycles. The van der Waals surface area contributed by atoms with Crippen molar-refractivity contribution in [1.29, 1.82) is 0 Å². The quantitative estimate of drug-likeness (QED) is 0.877. The lowest BCUT2D eigenvalue weighted by Crippen LogP contribution is -2.03. The first-order valence-electron chi connectivity index (χ1n) is 5.54. The maximum Gasteiger partial charge on any atom is 0.243 e. The van der Waals surface area contributed by atoms with Crippen LogP contribution in [-0.2, 0) is 13.6 Å². The van der Waals surface area contributed by atoms with Crippen LogP contribution in [0.4, 0.5) is 5.69 Å². The molecule has 0 aliphatic heterocycles. The third-order valence-corrected chi connectivity index (χ3v) is 2.59. The minimum atomic E-state index is 0.575. The first kappa shape index (κ1) is 11.5. The van der Waals surface area contributed by atoms with Crippen molar-refractivity contribution in [2.45, 2.75) is 27.3 Å². The van der Waals surface area contributed by atoms with Gasteiger partial charge in [-0.3, -0.25) is 0 Å². The van der Waals surface area contributed by atoms with E-state index in [-0.39, 0.29) is 0 Å². The second kappa shape index (κ2) is 4.12. The van der Waals surface area contributed by atoms with Gasteiger partial charge in [-0.15, -0.1) is 0 Å². The maximum atomic E-state index is 5.95. The van der Waals surface area contributed by atoms with Crippen LogP contribution in [0.15, 0.2) is 6.07 Å². The van der Waals surface area contributed by atoms with E-state index in [2.05, 4.69) is 10.2 Å². The van der Waals surface area contributed by atoms with Crippen LogP contribution in [0.5, 0.6) is 11.8 Å². The zero-order valence-corrected chi connectivity index (χ0v) is 10.6. The Hall–Kier alpha value is -1.98. The minimum Gasteiger partial charge on any atom is -0.419 e. The van der Waals surface area contributed by atoms with E-state index in [0.29, 0.717) is 24.0 Å². The molecule has 2 aromatic rings. The van der Waals surface area contributed by atoms with Gasteiger partial charge in [0, 0.05) is 19.7 Å². The topological polar surface area (TPSA) is 70.9 Å². The van der Waals surface area contributed by atoms with Crippen LogP contribution in [0, 0.1) is 13.8 Å². The summed E-state index contributed by atoms with van der Waals surface area (Å²) in [6.07, 6.45) is 0. The molecule has 0 saturated carbocycles. The number of ether oxygens (including phenoxy) is 1. The summed E-state index contributed by atoms with van der Waals surface area (Å²) in [5.41, 5.74) is 8.20. The Kier molecular flexibility index (Phi) is 2.79. The highest BCUT2D eigenvalue weighted by Crippen LogP contribution is 2.29. The van der Waals surface area contributed by atoms with Crippen molar-refractivity contribution in [3.63, 3.8) is 0 Å². The summed E-state index contributed by atoms with van der Waals surface area (Å²) >= 11 is 0. The molecular formula is C11H17N5O. The van der Waals surface area contributed by atoms with E-state index in [1.807, 2.05) is 33.9 Å². The number of hydrogen-bond acceptors (Lipinski definition) is 4. The summed E-state index contributed by atoms with van der Waals surface area (Å²) < 4.78 is 9.20. The van der Waals surface area contributed by atoms with Gasteiger partial charge in [-0.05, 0) is 20.8 Å². The van der Waals surface area contributed by atoms with Crippen molar-refractivity contribution in [1.82, 2.24) is 19.6 Å². The summed E-state index contributed by atoms with van der Waals surface area (Å²) in [5, 5.41) is 8.52. The van der Waals surface area contributed by atoms with Gasteiger partial charge in [-0.1, -0.05) is 0 Å². The van der Waals surface area contributed by atoms with E-state index in [1.165, 1.54) is 0 Å². The Bertz CT molecular complexity index is 540. The molecule has 92 valence electrons. The predicted octanol–water partition coefficient (Wildman–Crippen LogP) is 1.63. The second-order valence-electron chi connectivity index (χ2n) is 3.97. The third-order valence-electron chi connectivity index (χ3n) is 2.59. The van der Waals surface area contributed by atoms with Crippen LogP contribution >= 0.6 is 0 Å². The molecular weight excluding hydrogens is 218 g/mol. The lowest BCUT2D eigenvalue weighted by atomic mass is 10.4. The molecule has 0 aromatic carbocycles. The summed E-state index contributed by atoms with van der Waals surface area (Å²) in [7, 11) is 1.83. The molecule has 17 heavy (non-hydrogen) atoms. The van der Waals surface area contributed by atoms with E-state index in [1.54, 1.807) is 9.36 Å². The molecule has 2 N–H and O–H groups in total. The number of nitrogens with two attached hydrogens (primary N) is 1. The lowest BCUT2D eigenvalue weighted by Gasteiger charge is -2.07. The average molecular weight is 235 g/mol. The fourth-order valence-corrected chi connectivity index (χ4v) is 1.68. The van der Waals surface area contributed by atoms with Crippen molar-refractivity contribution in [2.75, 3.05) is 5.73 Å². The normalized spacial score (nSPS) is 10.8. The number of hydrogen-bond donors (Lipinski definition) is 1. The molecule has 2 heterocycles. The Morgan fingerprint density at radius 2 is 2.06 bits per heavy atom. The van der Waals surface area contributed by atoms with Crippen LogP contribution < -0.4 is 10.5 Å². The van der Waals surface area contributed by atoms with Gasteiger partial charge in [0.05, 0.1) is 11.4 Å². The van der Waals surface area contributed by atoms with E-state index >= 15 is 0 Å². The molecule has 2 rings (SSSR count). The molecule has 0 aliphatic rings. The van der Waals surface area contributed by atoms with Gasteiger partial charge < -0.3 is 10.5 Å². The van der Waals surface area contributed by atoms with Gasteiger partial charge in [0.2, 0.25) is 11.8 Å². The number of aromatic nitrogens is 4. The summed E-state index contributed by atoms with van der Waals surface area (Å²) in [5.74, 6) is 1.23. The van der Waals surface area contributed by atoms with Crippen molar-refractivity contribution in [2.24, 2.45) is 7.05 Å². The zero-order valence-electron chi connectivity index (χ0n) is 10.6. The summed E-state index contributed by atoms with van der Waals surface area (Å²) in [6.45, 7) is 6.48. The fraction of sp³-hybridized carbons (Fsp3) is 0.455. The first-order valence-corrected chi connectivity index (χ1v) is 5.54. The number of nitrogen functional groups attached to an aromatic ring is 1. The Morgan fingerprint density at radius 3 is 2.59 bits per heavy atom. The van der Waals surface area contributed by atoms with Crippen molar-refractivity contribution in [3.8, 4) is 11.8 Å². The highest BCUT2D eigenvalue weighted by atomic mass is 16.5. The Morgan fingerprint density at radius 1 is 1.35 bits per heavy atom. The molecule has 0 bridgehead atoms. The molecule has 6 nitrogen and oxygen atoms in total. The van der Waals surface area contributed by atoms with Crippen molar-refractivity contribution in [3.05, 3.63) is 17.5 Å². The minimum absolute atomic E-state index is 0.575. The van der Waals surface area contributed by atoms with Gasteiger partial charge in [-0.25, -0.2) is 9.36 Å². The highest BCUT2D eigenvalue weighted by Gasteiger charge is 2.15. The zero-order chi connectivity index (χ0) is 12.6. The first-order chi connectivity index (χ1) is 8.02. The number of rotatable bonds is 3. The molecule has 0 atom stereocenters. The number of aryl methyl sites for hydroxylation is 4. The Balaban J connectivity index is 2.38.